The molecule has 0 N–H and O–H groups in total. The Balaban J connectivity index is 2.10. The molecule has 1 fully saturated rings. The molecule has 2 atom stereocenters. The third-order valence-corrected chi connectivity index (χ3v) is 5.16. The number of allylic oxidation sites excluding steroid dienone is 2. The molecule has 0 aromatic heterocycles. The van der Waals surface area contributed by atoms with Crippen molar-refractivity contribution in [3.63, 3.8) is 0 Å². The van der Waals surface area contributed by atoms with E-state index in [1.54, 1.807) is 0 Å². The molecule has 2 unspecified atom stereocenters. The minimum atomic E-state index is -5.52. The predicted molar refractivity (Wildman–Crippen MR) is 58.8 cm³/mol. The quantitative estimate of drug-likeness (QED) is 0.577. The lowest BCUT2D eigenvalue weighted by atomic mass is 9.55. The van der Waals surface area contributed by atoms with Crippen LogP contribution in [0.3, 0.4) is 0 Å². The largest absolute Gasteiger partial charge is 0.534 e. The van der Waals surface area contributed by atoms with E-state index in [-0.39, 0.29) is 11.2 Å². The third-order valence-electron chi connectivity index (χ3n) is 4.16. The molecular formula is C11H15F3O3S. The van der Waals surface area contributed by atoms with Crippen molar-refractivity contribution in [2.24, 2.45) is 11.3 Å². The SMILES string of the molecule is CC1CCC12CCC=C(OS(=O)(=O)C(F)(F)F)C2. The molecule has 18 heavy (non-hydrogen) atoms. The molecule has 0 amide bonds. The highest BCUT2D eigenvalue weighted by molar-refractivity contribution is 7.87. The molecule has 104 valence electrons. The fraction of sp³-hybridized carbons (Fsp3) is 0.818. The van der Waals surface area contributed by atoms with E-state index in [2.05, 4.69) is 4.18 Å². The van der Waals surface area contributed by atoms with Crippen molar-refractivity contribution in [3.8, 4) is 0 Å². The van der Waals surface area contributed by atoms with E-state index in [4.69, 9.17) is 0 Å². The van der Waals surface area contributed by atoms with Crippen molar-refractivity contribution >= 4 is 10.1 Å². The van der Waals surface area contributed by atoms with Crippen LogP contribution in [0.1, 0.15) is 39.0 Å². The number of hydrogen-bond donors (Lipinski definition) is 0. The van der Waals surface area contributed by atoms with Gasteiger partial charge in [0.25, 0.3) is 0 Å². The maximum atomic E-state index is 12.2. The first-order chi connectivity index (χ1) is 8.16. The summed E-state index contributed by atoms with van der Waals surface area (Å²) in [6.45, 7) is 2.05. The maximum absolute atomic E-state index is 12.2. The first kappa shape index (κ1) is 13.7. The fourth-order valence-electron chi connectivity index (χ4n) is 2.76. The van der Waals surface area contributed by atoms with E-state index >= 15 is 0 Å². The van der Waals surface area contributed by atoms with Gasteiger partial charge in [0.05, 0.1) is 0 Å². The second-order valence-corrected chi connectivity index (χ2v) is 6.71. The van der Waals surface area contributed by atoms with Crippen LogP contribution in [-0.2, 0) is 14.3 Å². The van der Waals surface area contributed by atoms with Gasteiger partial charge in [0.15, 0.2) is 0 Å². The zero-order chi connectivity index (χ0) is 13.6. The van der Waals surface area contributed by atoms with Crippen molar-refractivity contribution in [2.45, 2.75) is 44.5 Å². The Morgan fingerprint density at radius 3 is 2.50 bits per heavy atom. The molecule has 1 spiro atoms. The molecule has 0 heterocycles. The standard InChI is InChI=1S/C11H15F3O3S/c1-8-4-6-10(8)5-2-3-9(7-10)17-18(15,16)11(12,13)14/h3,8H,2,4-7H2,1H3. The first-order valence-electron chi connectivity index (χ1n) is 5.86. The monoisotopic (exact) mass is 284 g/mol. The molecule has 2 aliphatic rings. The predicted octanol–water partition coefficient (Wildman–Crippen LogP) is 3.34. The molecular weight excluding hydrogens is 269 g/mol. The second-order valence-electron chi connectivity index (χ2n) is 5.17. The Bertz CT molecular complexity index is 466. The Labute approximate surface area is 104 Å². The smallest absolute Gasteiger partial charge is 0.381 e. The summed E-state index contributed by atoms with van der Waals surface area (Å²) in [5, 5.41) is 0. The van der Waals surface area contributed by atoms with Crippen molar-refractivity contribution in [2.75, 3.05) is 0 Å². The highest BCUT2D eigenvalue weighted by atomic mass is 32.2. The van der Waals surface area contributed by atoms with Crippen molar-refractivity contribution < 1.29 is 25.8 Å². The molecule has 7 heteroatoms. The van der Waals surface area contributed by atoms with Crippen LogP contribution >= 0.6 is 0 Å². The summed E-state index contributed by atoms with van der Waals surface area (Å²) in [6.07, 6.45) is 5.20. The van der Waals surface area contributed by atoms with Gasteiger partial charge in [-0.25, -0.2) is 0 Å². The molecule has 0 aromatic carbocycles. The number of hydrogen-bond acceptors (Lipinski definition) is 3. The van der Waals surface area contributed by atoms with Crippen LogP contribution in [0.15, 0.2) is 11.8 Å². The fourth-order valence-corrected chi connectivity index (χ4v) is 3.26. The minimum absolute atomic E-state index is 0.0504. The highest BCUT2D eigenvalue weighted by Gasteiger charge is 2.51. The van der Waals surface area contributed by atoms with Crippen LogP contribution in [0.2, 0.25) is 0 Å². The van der Waals surface area contributed by atoms with Gasteiger partial charge < -0.3 is 4.18 Å². The van der Waals surface area contributed by atoms with Gasteiger partial charge >= 0.3 is 15.6 Å². The molecule has 0 bridgehead atoms. The van der Waals surface area contributed by atoms with Gasteiger partial charge in [-0.05, 0) is 43.1 Å². The minimum Gasteiger partial charge on any atom is -0.381 e. The van der Waals surface area contributed by atoms with Crippen LogP contribution in [0.4, 0.5) is 13.2 Å². The molecule has 3 nitrogen and oxygen atoms in total. The molecule has 2 rings (SSSR count). The van der Waals surface area contributed by atoms with Gasteiger partial charge in [0, 0.05) is 6.42 Å². The van der Waals surface area contributed by atoms with Crippen molar-refractivity contribution in [3.05, 3.63) is 11.8 Å². The molecule has 0 aliphatic heterocycles. The highest BCUT2D eigenvalue weighted by Crippen LogP contribution is 2.56. The van der Waals surface area contributed by atoms with Gasteiger partial charge in [-0.3, -0.25) is 0 Å². The summed E-state index contributed by atoms with van der Waals surface area (Å²) >= 11 is 0. The van der Waals surface area contributed by atoms with E-state index in [1.165, 1.54) is 6.08 Å². The van der Waals surface area contributed by atoms with E-state index in [0.717, 1.165) is 19.3 Å². The Hall–Kier alpha value is -0.720. The number of alkyl halides is 3. The van der Waals surface area contributed by atoms with Crippen LogP contribution < -0.4 is 0 Å². The second kappa shape index (κ2) is 4.15. The molecule has 2 aliphatic carbocycles. The van der Waals surface area contributed by atoms with E-state index in [0.29, 0.717) is 18.8 Å². The third kappa shape index (κ3) is 2.24. The topological polar surface area (TPSA) is 43.4 Å². The van der Waals surface area contributed by atoms with Crippen LogP contribution in [0.25, 0.3) is 0 Å². The number of rotatable bonds is 2. The van der Waals surface area contributed by atoms with Crippen molar-refractivity contribution in [1.82, 2.24) is 0 Å². The zero-order valence-corrected chi connectivity index (χ0v) is 10.8. The van der Waals surface area contributed by atoms with Crippen LogP contribution in [0, 0.1) is 11.3 Å². The van der Waals surface area contributed by atoms with Gasteiger partial charge in [-0.2, -0.15) is 21.6 Å². The Morgan fingerprint density at radius 2 is 2.06 bits per heavy atom. The van der Waals surface area contributed by atoms with E-state index < -0.39 is 15.6 Å². The van der Waals surface area contributed by atoms with Crippen LogP contribution in [0.5, 0.6) is 0 Å². The molecule has 1 saturated carbocycles. The molecule has 0 aromatic rings. The lowest BCUT2D eigenvalue weighted by molar-refractivity contribution is -0.0539. The van der Waals surface area contributed by atoms with Crippen molar-refractivity contribution in [1.29, 1.82) is 0 Å². The lowest BCUT2D eigenvalue weighted by Gasteiger charge is -2.50. The summed E-state index contributed by atoms with van der Waals surface area (Å²) in [7, 11) is -5.52. The molecule has 0 radical (unpaired) electrons. The average molecular weight is 284 g/mol. The van der Waals surface area contributed by atoms with E-state index in [1.807, 2.05) is 6.92 Å². The molecule has 0 saturated heterocycles. The Morgan fingerprint density at radius 1 is 1.39 bits per heavy atom. The first-order valence-corrected chi connectivity index (χ1v) is 7.27. The van der Waals surface area contributed by atoms with Gasteiger partial charge in [-0.15, -0.1) is 0 Å². The number of halogens is 3. The van der Waals surface area contributed by atoms with Gasteiger partial charge in [0.1, 0.15) is 5.76 Å². The summed E-state index contributed by atoms with van der Waals surface area (Å²) in [5.74, 6) is 0.364. The lowest BCUT2D eigenvalue weighted by Crippen LogP contribution is -2.40. The summed E-state index contributed by atoms with van der Waals surface area (Å²) < 4.78 is 62.7. The maximum Gasteiger partial charge on any atom is 0.534 e. The Kier molecular flexibility index (Phi) is 3.16. The normalized spacial score (nSPS) is 32.9. The summed E-state index contributed by atoms with van der Waals surface area (Å²) in [5.41, 5.74) is -5.41. The van der Waals surface area contributed by atoms with Crippen LogP contribution in [-0.4, -0.2) is 13.9 Å². The van der Waals surface area contributed by atoms with Gasteiger partial charge in [0.2, 0.25) is 0 Å². The van der Waals surface area contributed by atoms with Gasteiger partial charge in [-0.1, -0.05) is 6.92 Å². The summed E-state index contributed by atoms with van der Waals surface area (Å²) in [6, 6.07) is 0. The van der Waals surface area contributed by atoms with E-state index in [9.17, 15) is 21.6 Å². The zero-order valence-electron chi connectivity index (χ0n) is 9.96. The average Bonchev–Trinajstić information content (AvgIpc) is 2.25. The summed E-state index contributed by atoms with van der Waals surface area (Å²) in [4.78, 5) is 0.